The Morgan fingerprint density at radius 1 is 1.38 bits per heavy atom. The highest BCUT2D eigenvalue weighted by molar-refractivity contribution is 5.76. The van der Waals surface area contributed by atoms with Crippen molar-refractivity contribution in [3.8, 4) is 5.75 Å². The molecule has 5 nitrogen and oxygen atoms in total. The molecule has 1 aliphatic heterocycles. The molecule has 0 aliphatic carbocycles. The molecule has 0 saturated carbocycles. The minimum Gasteiger partial charge on any atom is -0.493 e. The van der Waals surface area contributed by atoms with E-state index < -0.39 is 0 Å². The predicted molar refractivity (Wildman–Crippen MR) is 76.9 cm³/mol. The van der Waals surface area contributed by atoms with Crippen molar-refractivity contribution >= 4 is 5.91 Å². The van der Waals surface area contributed by atoms with E-state index in [1.54, 1.807) is 4.90 Å². The number of hydrogen-bond acceptors (Lipinski definition) is 4. The summed E-state index contributed by atoms with van der Waals surface area (Å²) in [7, 11) is 0. The third-order valence-electron chi connectivity index (χ3n) is 3.71. The molecule has 3 rings (SSSR count). The number of para-hydroxylation sites is 1. The molecule has 0 radical (unpaired) electrons. The second-order valence-corrected chi connectivity index (χ2v) is 5.15. The van der Waals surface area contributed by atoms with Gasteiger partial charge >= 0.3 is 0 Å². The number of aromatic nitrogens is 1. The van der Waals surface area contributed by atoms with Gasteiger partial charge in [0.05, 0.1) is 25.3 Å². The zero-order valence-electron chi connectivity index (χ0n) is 12.0. The molecule has 1 aromatic carbocycles. The monoisotopic (exact) mass is 286 g/mol. The van der Waals surface area contributed by atoms with Crippen molar-refractivity contribution in [1.29, 1.82) is 0 Å². The van der Waals surface area contributed by atoms with Gasteiger partial charge < -0.3 is 14.2 Å². The molecule has 0 unspecified atom stereocenters. The highest BCUT2D eigenvalue weighted by Gasteiger charge is 2.25. The number of amides is 1. The van der Waals surface area contributed by atoms with Gasteiger partial charge in [0.15, 0.2) is 5.76 Å². The van der Waals surface area contributed by atoms with Crippen LogP contribution in [0.2, 0.25) is 0 Å². The molecule has 0 N–H and O–H groups in total. The van der Waals surface area contributed by atoms with E-state index in [2.05, 4.69) is 5.16 Å². The molecule has 1 aromatic heterocycles. The summed E-state index contributed by atoms with van der Waals surface area (Å²) in [6, 6.07) is 9.53. The third kappa shape index (κ3) is 3.07. The maximum Gasteiger partial charge on any atom is 0.226 e. The summed E-state index contributed by atoms with van der Waals surface area (Å²) < 4.78 is 10.8. The Bertz CT molecular complexity index is 622. The quantitative estimate of drug-likeness (QED) is 0.865. The van der Waals surface area contributed by atoms with Crippen molar-refractivity contribution in [2.75, 3.05) is 13.2 Å². The number of aryl methyl sites for hydroxylation is 1. The van der Waals surface area contributed by atoms with Crippen LogP contribution in [0.4, 0.5) is 0 Å². The van der Waals surface area contributed by atoms with Crippen LogP contribution in [0.25, 0.3) is 0 Å². The molecule has 110 valence electrons. The van der Waals surface area contributed by atoms with Crippen LogP contribution in [-0.4, -0.2) is 29.1 Å². The van der Waals surface area contributed by atoms with Gasteiger partial charge in [-0.2, -0.15) is 0 Å². The Labute approximate surface area is 123 Å². The maximum atomic E-state index is 12.2. The number of carbonyl (C=O) groups is 1. The van der Waals surface area contributed by atoms with Gasteiger partial charge in [-0.25, -0.2) is 0 Å². The molecule has 1 aliphatic rings. The van der Waals surface area contributed by atoms with Crippen LogP contribution in [0.3, 0.4) is 0 Å². The van der Waals surface area contributed by atoms with E-state index in [0.29, 0.717) is 19.6 Å². The van der Waals surface area contributed by atoms with Crippen LogP contribution in [0, 0.1) is 6.92 Å². The first-order valence-corrected chi connectivity index (χ1v) is 7.13. The first-order valence-electron chi connectivity index (χ1n) is 7.13. The van der Waals surface area contributed by atoms with Crippen LogP contribution in [0.5, 0.6) is 5.75 Å². The molecule has 2 heterocycles. The number of rotatable bonds is 4. The fourth-order valence-corrected chi connectivity index (χ4v) is 2.52. The van der Waals surface area contributed by atoms with Gasteiger partial charge in [0, 0.05) is 12.1 Å². The average Bonchev–Trinajstić information content (AvgIpc) is 2.89. The van der Waals surface area contributed by atoms with Crippen molar-refractivity contribution in [3.63, 3.8) is 0 Å². The molecular weight excluding hydrogens is 268 g/mol. The van der Waals surface area contributed by atoms with E-state index in [4.69, 9.17) is 9.26 Å². The lowest BCUT2D eigenvalue weighted by Gasteiger charge is -2.25. The Morgan fingerprint density at radius 3 is 3.00 bits per heavy atom. The number of carbonyl (C=O) groups excluding carboxylic acids is 1. The molecule has 0 atom stereocenters. The summed E-state index contributed by atoms with van der Waals surface area (Å²) in [6.45, 7) is 3.56. The number of fused-ring (bicyclic) bond motifs is 1. The van der Waals surface area contributed by atoms with E-state index >= 15 is 0 Å². The minimum absolute atomic E-state index is 0.0886. The molecule has 0 fully saturated rings. The summed E-state index contributed by atoms with van der Waals surface area (Å²) in [5.41, 5.74) is 2.09. The lowest BCUT2D eigenvalue weighted by Crippen LogP contribution is -2.36. The Balaban J connectivity index is 1.50. The summed E-state index contributed by atoms with van der Waals surface area (Å²) in [6.07, 6.45) is 1.19. The van der Waals surface area contributed by atoms with Gasteiger partial charge in [0.1, 0.15) is 5.75 Å². The number of hydrogen-bond donors (Lipinski definition) is 0. The predicted octanol–water partition coefficient (Wildman–Crippen LogP) is 2.34. The van der Waals surface area contributed by atoms with E-state index in [0.717, 1.165) is 35.7 Å². The highest BCUT2D eigenvalue weighted by atomic mass is 16.5. The van der Waals surface area contributed by atoms with Crippen molar-refractivity contribution in [3.05, 3.63) is 47.3 Å². The zero-order chi connectivity index (χ0) is 14.7. The van der Waals surface area contributed by atoms with Gasteiger partial charge in [-0.15, -0.1) is 0 Å². The normalized spacial score (nSPS) is 13.9. The zero-order valence-corrected chi connectivity index (χ0v) is 12.0. The van der Waals surface area contributed by atoms with Crippen molar-refractivity contribution in [2.24, 2.45) is 0 Å². The first-order chi connectivity index (χ1) is 10.2. The second kappa shape index (κ2) is 5.99. The summed E-state index contributed by atoms with van der Waals surface area (Å²) in [5.74, 6) is 1.69. The number of ether oxygens (including phenoxy) is 1. The average molecular weight is 286 g/mol. The van der Waals surface area contributed by atoms with Gasteiger partial charge in [0.25, 0.3) is 0 Å². The fraction of sp³-hybridized carbons (Fsp3) is 0.375. The van der Waals surface area contributed by atoms with Crippen LogP contribution in [-0.2, 0) is 17.8 Å². The Hall–Kier alpha value is -2.30. The Kier molecular flexibility index (Phi) is 3.90. The summed E-state index contributed by atoms with van der Waals surface area (Å²) in [4.78, 5) is 14.0. The van der Waals surface area contributed by atoms with Gasteiger partial charge in [-0.1, -0.05) is 23.4 Å². The molecular formula is C16H18N2O3. The molecule has 0 spiro atoms. The third-order valence-corrected chi connectivity index (χ3v) is 3.71. The fourth-order valence-electron chi connectivity index (χ4n) is 2.52. The lowest BCUT2D eigenvalue weighted by molar-refractivity contribution is -0.133. The van der Waals surface area contributed by atoms with Crippen molar-refractivity contribution in [2.45, 2.75) is 26.3 Å². The van der Waals surface area contributed by atoms with Crippen LogP contribution >= 0.6 is 0 Å². The molecule has 21 heavy (non-hydrogen) atoms. The Morgan fingerprint density at radius 2 is 2.19 bits per heavy atom. The maximum absolute atomic E-state index is 12.2. The van der Waals surface area contributed by atoms with E-state index in [1.807, 2.05) is 37.3 Å². The van der Waals surface area contributed by atoms with Crippen molar-refractivity contribution in [1.82, 2.24) is 10.1 Å². The van der Waals surface area contributed by atoms with Crippen LogP contribution in [0.1, 0.15) is 23.4 Å². The number of benzene rings is 1. The molecule has 2 aromatic rings. The SMILES string of the molecule is Cc1noc2c1CCN(C(=O)CCOc1ccccc1)C2. The highest BCUT2D eigenvalue weighted by Crippen LogP contribution is 2.22. The topological polar surface area (TPSA) is 55.6 Å². The van der Waals surface area contributed by atoms with Gasteiger partial charge in [-0.05, 0) is 25.5 Å². The minimum atomic E-state index is 0.0886. The lowest BCUT2D eigenvalue weighted by atomic mass is 10.1. The largest absolute Gasteiger partial charge is 0.493 e. The molecule has 0 bridgehead atoms. The molecule has 1 amide bonds. The van der Waals surface area contributed by atoms with Gasteiger partial charge in [0.2, 0.25) is 5.91 Å². The van der Waals surface area contributed by atoms with E-state index in [9.17, 15) is 4.79 Å². The van der Waals surface area contributed by atoms with E-state index in [-0.39, 0.29) is 5.91 Å². The first kappa shape index (κ1) is 13.7. The van der Waals surface area contributed by atoms with Crippen molar-refractivity contribution < 1.29 is 14.1 Å². The van der Waals surface area contributed by atoms with Crippen LogP contribution in [0.15, 0.2) is 34.9 Å². The summed E-state index contributed by atoms with van der Waals surface area (Å²) >= 11 is 0. The van der Waals surface area contributed by atoms with Gasteiger partial charge in [-0.3, -0.25) is 4.79 Å². The standard InChI is InChI=1S/C16H18N2O3/c1-12-14-7-9-18(11-15(14)21-17-12)16(19)8-10-20-13-5-3-2-4-6-13/h2-6H,7-11H2,1H3. The molecule has 5 heteroatoms. The second-order valence-electron chi connectivity index (χ2n) is 5.15. The molecule has 0 saturated heterocycles. The smallest absolute Gasteiger partial charge is 0.226 e. The number of nitrogens with zero attached hydrogens (tertiary/aromatic N) is 2. The summed E-state index contributed by atoms with van der Waals surface area (Å²) in [5, 5.41) is 3.96. The van der Waals surface area contributed by atoms with E-state index in [1.165, 1.54) is 0 Å². The van der Waals surface area contributed by atoms with Crippen LogP contribution < -0.4 is 4.74 Å².